The molecular weight excluding hydrogens is 324 g/mol. The molecule has 138 valence electrons. The Balaban J connectivity index is 1.79. The number of nitrogens with one attached hydrogen (secondary N) is 1. The van der Waals surface area contributed by atoms with Crippen molar-refractivity contribution in [1.29, 1.82) is 0 Å². The van der Waals surface area contributed by atoms with Crippen molar-refractivity contribution in [2.75, 3.05) is 7.11 Å². The molecule has 26 heavy (non-hydrogen) atoms. The molecule has 1 amide bonds. The first-order chi connectivity index (χ1) is 12.6. The largest absolute Gasteiger partial charge is 0.497 e. The van der Waals surface area contributed by atoms with Gasteiger partial charge in [-0.05, 0) is 48.9 Å². The van der Waals surface area contributed by atoms with Crippen LogP contribution in [-0.4, -0.2) is 19.1 Å². The second-order valence-electron chi connectivity index (χ2n) is 7.24. The molecule has 4 nitrogen and oxygen atoms in total. The molecule has 3 N–H and O–H groups in total. The smallest absolute Gasteiger partial charge is 0.221 e. The van der Waals surface area contributed by atoms with Crippen LogP contribution in [0.2, 0.25) is 0 Å². The normalized spacial score (nSPS) is 20.6. The van der Waals surface area contributed by atoms with Gasteiger partial charge in [-0.1, -0.05) is 48.4 Å². The van der Waals surface area contributed by atoms with E-state index in [2.05, 4.69) is 36.5 Å². The van der Waals surface area contributed by atoms with Crippen LogP contribution in [0.3, 0.4) is 0 Å². The average Bonchev–Trinajstić information content (AvgIpc) is 3.05. The zero-order valence-electron chi connectivity index (χ0n) is 15.6. The lowest BCUT2D eigenvalue weighted by molar-refractivity contribution is -0.122. The maximum atomic E-state index is 12.7. The van der Waals surface area contributed by atoms with Crippen molar-refractivity contribution in [3.05, 3.63) is 65.2 Å². The maximum Gasteiger partial charge on any atom is 0.221 e. The van der Waals surface area contributed by atoms with Crippen molar-refractivity contribution in [3.8, 4) is 5.75 Å². The third kappa shape index (κ3) is 4.44. The molecule has 2 aromatic carbocycles. The van der Waals surface area contributed by atoms with E-state index in [4.69, 9.17) is 10.5 Å². The van der Waals surface area contributed by atoms with Crippen LogP contribution in [0.15, 0.2) is 48.5 Å². The fourth-order valence-corrected chi connectivity index (χ4v) is 3.69. The Hall–Kier alpha value is -2.33. The minimum atomic E-state index is -0.174. The second-order valence-corrected chi connectivity index (χ2v) is 7.24. The fraction of sp³-hybridized carbons (Fsp3) is 0.409. The summed E-state index contributed by atoms with van der Waals surface area (Å²) < 4.78 is 5.25. The standard InChI is InChI=1S/C22H28N2O2/c1-15-6-8-16(9-7-15)22(17-10-12-19(26-2)13-11-17)24-21(25)14-18-4-3-5-20(18)23/h6-13,18,20,22H,3-5,14,23H2,1-2H3,(H,24,25)/t18-,20+,22?/m0/s1. The van der Waals surface area contributed by atoms with Gasteiger partial charge in [0.2, 0.25) is 5.91 Å². The number of carbonyl (C=O) groups is 1. The van der Waals surface area contributed by atoms with E-state index in [-0.39, 0.29) is 18.0 Å². The number of nitrogens with two attached hydrogens (primary N) is 1. The molecule has 0 saturated heterocycles. The Morgan fingerprint density at radius 3 is 2.27 bits per heavy atom. The lowest BCUT2D eigenvalue weighted by Gasteiger charge is -2.22. The van der Waals surface area contributed by atoms with Crippen LogP contribution in [0.25, 0.3) is 0 Å². The highest BCUT2D eigenvalue weighted by molar-refractivity contribution is 5.77. The molecule has 1 fully saturated rings. The number of rotatable bonds is 6. The van der Waals surface area contributed by atoms with Gasteiger partial charge in [0.1, 0.15) is 5.75 Å². The minimum absolute atomic E-state index is 0.0637. The van der Waals surface area contributed by atoms with Gasteiger partial charge in [-0.3, -0.25) is 4.79 Å². The monoisotopic (exact) mass is 352 g/mol. The van der Waals surface area contributed by atoms with E-state index >= 15 is 0 Å². The highest BCUT2D eigenvalue weighted by Gasteiger charge is 2.27. The summed E-state index contributed by atoms with van der Waals surface area (Å²) in [4.78, 5) is 12.7. The number of carbonyl (C=O) groups excluding carboxylic acids is 1. The third-order valence-electron chi connectivity index (χ3n) is 5.33. The first kappa shape index (κ1) is 18.5. The Morgan fingerprint density at radius 1 is 1.12 bits per heavy atom. The Labute approximate surface area is 155 Å². The summed E-state index contributed by atoms with van der Waals surface area (Å²) in [6, 6.07) is 16.1. The zero-order valence-corrected chi connectivity index (χ0v) is 15.6. The topological polar surface area (TPSA) is 64.3 Å². The highest BCUT2D eigenvalue weighted by Crippen LogP contribution is 2.28. The number of hydrogen-bond donors (Lipinski definition) is 2. The van der Waals surface area contributed by atoms with Crippen molar-refractivity contribution in [2.24, 2.45) is 11.7 Å². The number of aryl methyl sites for hydroxylation is 1. The molecule has 1 unspecified atom stereocenters. The Bertz CT molecular complexity index is 725. The summed E-state index contributed by atoms with van der Waals surface area (Å²) in [5.74, 6) is 1.16. The van der Waals surface area contributed by atoms with Crippen LogP contribution in [0, 0.1) is 12.8 Å². The van der Waals surface area contributed by atoms with Crippen molar-refractivity contribution >= 4 is 5.91 Å². The lowest BCUT2D eigenvalue weighted by Crippen LogP contribution is -2.34. The van der Waals surface area contributed by atoms with Gasteiger partial charge in [0, 0.05) is 12.5 Å². The van der Waals surface area contributed by atoms with Gasteiger partial charge in [-0.25, -0.2) is 0 Å². The Morgan fingerprint density at radius 2 is 1.73 bits per heavy atom. The van der Waals surface area contributed by atoms with Crippen LogP contribution < -0.4 is 15.8 Å². The van der Waals surface area contributed by atoms with E-state index in [1.165, 1.54) is 5.56 Å². The molecule has 0 aliphatic heterocycles. The van der Waals surface area contributed by atoms with E-state index < -0.39 is 0 Å². The fourth-order valence-electron chi connectivity index (χ4n) is 3.69. The molecule has 3 rings (SSSR count). The lowest BCUT2D eigenvalue weighted by atomic mass is 9.96. The quantitative estimate of drug-likeness (QED) is 0.833. The number of hydrogen-bond acceptors (Lipinski definition) is 3. The van der Waals surface area contributed by atoms with Crippen LogP contribution in [0.1, 0.15) is 48.4 Å². The minimum Gasteiger partial charge on any atom is -0.497 e. The summed E-state index contributed by atoms with van der Waals surface area (Å²) in [5, 5.41) is 3.22. The molecular formula is C22H28N2O2. The van der Waals surface area contributed by atoms with Gasteiger partial charge in [0.15, 0.2) is 0 Å². The molecule has 0 bridgehead atoms. The molecule has 1 aliphatic rings. The molecule has 0 radical (unpaired) electrons. The summed E-state index contributed by atoms with van der Waals surface area (Å²) in [7, 11) is 1.65. The number of amides is 1. The van der Waals surface area contributed by atoms with Crippen LogP contribution in [0.5, 0.6) is 5.75 Å². The predicted molar refractivity (Wildman–Crippen MR) is 104 cm³/mol. The van der Waals surface area contributed by atoms with Crippen LogP contribution in [-0.2, 0) is 4.79 Å². The molecule has 1 saturated carbocycles. The average molecular weight is 352 g/mol. The van der Waals surface area contributed by atoms with E-state index in [0.717, 1.165) is 36.1 Å². The maximum absolute atomic E-state index is 12.7. The van der Waals surface area contributed by atoms with Gasteiger partial charge in [-0.15, -0.1) is 0 Å². The summed E-state index contributed by atoms with van der Waals surface area (Å²) in [5.41, 5.74) is 9.45. The number of ether oxygens (including phenoxy) is 1. The van der Waals surface area contributed by atoms with Gasteiger partial charge < -0.3 is 15.8 Å². The van der Waals surface area contributed by atoms with E-state index in [1.807, 2.05) is 24.3 Å². The first-order valence-corrected chi connectivity index (χ1v) is 9.32. The molecule has 2 aromatic rings. The van der Waals surface area contributed by atoms with Crippen molar-refractivity contribution < 1.29 is 9.53 Å². The van der Waals surface area contributed by atoms with Crippen LogP contribution in [0.4, 0.5) is 0 Å². The third-order valence-corrected chi connectivity index (χ3v) is 5.33. The predicted octanol–water partition coefficient (Wildman–Crippen LogP) is 3.73. The molecule has 1 aliphatic carbocycles. The first-order valence-electron chi connectivity index (χ1n) is 9.32. The molecule has 0 heterocycles. The van der Waals surface area contributed by atoms with Gasteiger partial charge in [-0.2, -0.15) is 0 Å². The highest BCUT2D eigenvalue weighted by atomic mass is 16.5. The van der Waals surface area contributed by atoms with Crippen molar-refractivity contribution in [3.63, 3.8) is 0 Å². The molecule has 0 aromatic heterocycles. The summed E-state index contributed by atoms with van der Waals surface area (Å²) in [6.07, 6.45) is 3.70. The van der Waals surface area contributed by atoms with Gasteiger partial charge in [0.25, 0.3) is 0 Å². The Kier molecular flexibility index (Phi) is 5.94. The van der Waals surface area contributed by atoms with Gasteiger partial charge >= 0.3 is 0 Å². The van der Waals surface area contributed by atoms with Gasteiger partial charge in [0.05, 0.1) is 13.2 Å². The molecule has 4 heteroatoms. The van der Waals surface area contributed by atoms with E-state index in [0.29, 0.717) is 12.3 Å². The number of benzene rings is 2. The zero-order chi connectivity index (χ0) is 18.5. The second kappa shape index (κ2) is 8.37. The molecule has 3 atom stereocenters. The molecule has 0 spiro atoms. The van der Waals surface area contributed by atoms with Crippen molar-refractivity contribution in [2.45, 2.75) is 44.7 Å². The summed E-state index contributed by atoms with van der Waals surface area (Å²) in [6.45, 7) is 2.06. The van der Waals surface area contributed by atoms with Crippen LogP contribution >= 0.6 is 0 Å². The van der Waals surface area contributed by atoms with Crippen molar-refractivity contribution in [1.82, 2.24) is 5.32 Å². The SMILES string of the molecule is COc1ccc(C(NC(=O)C[C@@H]2CCC[C@H]2N)c2ccc(C)cc2)cc1. The van der Waals surface area contributed by atoms with E-state index in [1.54, 1.807) is 7.11 Å². The summed E-state index contributed by atoms with van der Waals surface area (Å²) >= 11 is 0. The number of methoxy groups -OCH3 is 1. The van der Waals surface area contributed by atoms with E-state index in [9.17, 15) is 4.79 Å².